The van der Waals surface area contributed by atoms with Gasteiger partial charge in [-0.2, -0.15) is 0 Å². The molecule has 2 rings (SSSR count). The van der Waals surface area contributed by atoms with Gasteiger partial charge in [-0.05, 0) is 29.8 Å². The molecule has 1 aliphatic rings. The maximum atomic E-state index is 11.7. The van der Waals surface area contributed by atoms with Gasteiger partial charge in [0, 0.05) is 13.0 Å². The summed E-state index contributed by atoms with van der Waals surface area (Å²) in [7, 11) is 1.62. The first-order valence-corrected chi connectivity index (χ1v) is 6.00. The number of hydrogen-bond acceptors (Lipinski definition) is 4. The monoisotopic (exact) mass is 260 g/mol. The van der Waals surface area contributed by atoms with Crippen molar-refractivity contribution < 1.29 is 14.4 Å². The SMILES string of the molecule is C=CCNC(=O)C1CC(c2ccc(OC)cc2)=NO1. The summed E-state index contributed by atoms with van der Waals surface area (Å²) < 4.78 is 5.09. The number of nitrogens with zero attached hydrogens (tertiary/aromatic N) is 1. The fourth-order valence-corrected chi connectivity index (χ4v) is 1.76. The molecule has 0 saturated heterocycles. The standard InChI is InChI=1S/C14H16N2O3/c1-3-8-15-14(17)13-9-12(16-19-13)10-4-6-11(18-2)7-5-10/h3-7,13H,1,8-9H2,2H3,(H,15,17). The van der Waals surface area contributed by atoms with Gasteiger partial charge in [0.15, 0.2) is 0 Å². The van der Waals surface area contributed by atoms with E-state index in [2.05, 4.69) is 17.1 Å². The molecule has 1 amide bonds. The van der Waals surface area contributed by atoms with Crippen molar-refractivity contribution in [2.45, 2.75) is 12.5 Å². The molecule has 100 valence electrons. The Balaban J connectivity index is 1.96. The van der Waals surface area contributed by atoms with Crippen LogP contribution in [0.2, 0.25) is 0 Å². The van der Waals surface area contributed by atoms with Crippen LogP contribution in [0.25, 0.3) is 0 Å². The van der Waals surface area contributed by atoms with Crippen molar-refractivity contribution in [2.24, 2.45) is 5.16 Å². The molecule has 5 nitrogen and oxygen atoms in total. The van der Waals surface area contributed by atoms with E-state index in [0.29, 0.717) is 13.0 Å². The highest BCUT2D eigenvalue weighted by Crippen LogP contribution is 2.19. The van der Waals surface area contributed by atoms with Crippen LogP contribution < -0.4 is 10.1 Å². The Morgan fingerprint density at radius 2 is 2.32 bits per heavy atom. The van der Waals surface area contributed by atoms with Crippen molar-refractivity contribution in [3.05, 3.63) is 42.5 Å². The highest BCUT2D eigenvalue weighted by molar-refractivity contribution is 6.04. The first kappa shape index (κ1) is 13.1. The third kappa shape index (κ3) is 3.13. The lowest BCUT2D eigenvalue weighted by Gasteiger charge is -2.07. The molecular formula is C14H16N2O3. The number of amides is 1. The summed E-state index contributed by atoms with van der Waals surface area (Å²) in [5.74, 6) is 0.607. The summed E-state index contributed by atoms with van der Waals surface area (Å²) >= 11 is 0. The van der Waals surface area contributed by atoms with Gasteiger partial charge >= 0.3 is 0 Å². The van der Waals surface area contributed by atoms with E-state index in [4.69, 9.17) is 9.57 Å². The number of rotatable bonds is 5. The van der Waals surface area contributed by atoms with Crippen LogP contribution in [0.4, 0.5) is 0 Å². The number of benzene rings is 1. The average molecular weight is 260 g/mol. The van der Waals surface area contributed by atoms with Crippen molar-refractivity contribution in [1.82, 2.24) is 5.32 Å². The third-order valence-corrected chi connectivity index (χ3v) is 2.81. The van der Waals surface area contributed by atoms with Gasteiger partial charge in [0.25, 0.3) is 5.91 Å². The molecule has 0 aliphatic carbocycles. The molecule has 0 saturated carbocycles. The van der Waals surface area contributed by atoms with E-state index in [9.17, 15) is 4.79 Å². The molecule has 5 heteroatoms. The largest absolute Gasteiger partial charge is 0.497 e. The van der Waals surface area contributed by atoms with Crippen molar-refractivity contribution in [1.29, 1.82) is 0 Å². The second kappa shape index (κ2) is 6.04. The lowest BCUT2D eigenvalue weighted by molar-refractivity contribution is -0.130. The van der Waals surface area contributed by atoms with Crippen LogP contribution >= 0.6 is 0 Å². The summed E-state index contributed by atoms with van der Waals surface area (Å²) in [6, 6.07) is 7.49. The zero-order valence-electron chi connectivity index (χ0n) is 10.8. The zero-order chi connectivity index (χ0) is 13.7. The highest BCUT2D eigenvalue weighted by Gasteiger charge is 2.28. The average Bonchev–Trinajstić information content (AvgIpc) is 2.94. The predicted octanol–water partition coefficient (Wildman–Crippen LogP) is 1.49. The fraction of sp³-hybridized carbons (Fsp3) is 0.286. The van der Waals surface area contributed by atoms with Crippen LogP contribution in [0, 0.1) is 0 Å². The Kier molecular flexibility index (Phi) is 4.18. The molecule has 1 aromatic rings. The van der Waals surface area contributed by atoms with Crippen molar-refractivity contribution in [3.63, 3.8) is 0 Å². The molecule has 1 heterocycles. The molecule has 0 radical (unpaired) electrons. The second-order valence-corrected chi connectivity index (χ2v) is 4.10. The lowest BCUT2D eigenvalue weighted by Crippen LogP contribution is -2.34. The number of ether oxygens (including phenoxy) is 1. The lowest BCUT2D eigenvalue weighted by atomic mass is 10.0. The molecule has 1 atom stereocenters. The van der Waals surface area contributed by atoms with Crippen LogP contribution in [-0.4, -0.2) is 31.4 Å². The predicted molar refractivity (Wildman–Crippen MR) is 72.2 cm³/mol. The number of oxime groups is 1. The van der Waals surface area contributed by atoms with Gasteiger partial charge in [0.05, 0.1) is 12.8 Å². The molecule has 0 spiro atoms. The van der Waals surface area contributed by atoms with Crippen LogP contribution in [0.15, 0.2) is 42.1 Å². The first-order chi connectivity index (χ1) is 9.24. The van der Waals surface area contributed by atoms with Crippen LogP contribution in [-0.2, 0) is 9.63 Å². The van der Waals surface area contributed by atoms with Gasteiger partial charge in [0.1, 0.15) is 5.75 Å². The van der Waals surface area contributed by atoms with Crippen LogP contribution in [0.3, 0.4) is 0 Å². The number of methoxy groups -OCH3 is 1. The van der Waals surface area contributed by atoms with Crippen molar-refractivity contribution in [3.8, 4) is 5.75 Å². The number of nitrogens with one attached hydrogen (secondary N) is 1. The molecule has 1 unspecified atom stereocenters. The topological polar surface area (TPSA) is 59.9 Å². The molecule has 0 fully saturated rings. The van der Waals surface area contributed by atoms with E-state index in [1.807, 2.05) is 24.3 Å². The maximum Gasteiger partial charge on any atom is 0.264 e. The Morgan fingerprint density at radius 1 is 1.58 bits per heavy atom. The van der Waals surface area contributed by atoms with Crippen LogP contribution in [0.5, 0.6) is 5.75 Å². The zero-order valence-corrected chi connectivity index (χ0v) is 10.8. The van der Waals surface area contributed by atoms with E-state index in [1.54, 1.807) is 13.2 Å². The normalized spacial score (nSPS) is 17.3. The molecule has 0 bridgehead atoms. The second-order valence-electron chi connectivity index (χ2n) is 4.10. The summed E-state index contributed by atoms with van der Waals surface area (Å²) in [6.45, 7) is 3.97. The van der Waals surface area contributed by atoms with Gasteiger partial charge in [-0.25, -0.2) is 0 Å². The molecule has 19 heavy (non-hydrogen) atoms. The molecule has 0 aromatic heterocycles. The smallest absolute Gasteiger partial charge is 0.264 e. The van der Waals surface area contributed by atoms with E-state index >= 15 is 0 Å². The first-order valence-electron chi connectivity index (χ1n) is 6.00. The quantitative estimate of drug-likeness (QED) is 0.816. The van der Waals surface area contributed by atoms with Gasteiger partial charge in [-0.3, -0.25) is 4.79 Å². The van der Waals surface area contributed by atoms with E-state index < -0.39 is 6.10 Å². The van der Waals surface area contributed by atoms with Crippen LogP contribution in [0.1, 0.15) is 12.0 Å². The van der Waals surface area contributed by atoms with E-state index in [1.165, 1.54) is 0 Å². The molecular weight excluding hydrogens is 244 g/mol. The third-order valence-electron chi connectivity index (χ3n) is 2.81. The number of carbonyl (C=O) groups excluding carboxylic acids is 1. The highest BCUT2D eigenvalue weighted by atomic mass is 16.6. The van der Waals surface area contributed by atoms with Gasteiger partial charge < -0.3 is 14.9 Å². The number of hydrogen-bond donors (Lipinski definition) is 1. The maximum absolute atomic E-state index is 11.7. The summed E-state index contributed by atoms with van der Waals surface area (Å²) in [5, 5.41) is 6.65. The Hall–Kier alpha value is -2.30. The number of carbonyl (C=O) groups is 1. The van der Waals surface area contributed by atoms with Gasteiger partial charge in [0.2, 0.25) is 6.10 Å². The minimum Gasteiger partial charge on any atom is -0.497 e. The molecule has 1 N–H and O–H groups in total. The van der Waals surface area contributed by atoms with Gasteiger partial charge in [-0.1, -0.05) is 11.2 Å². The molecule has 1 aromatic carbocycles. The fourth-order valence-electron chi connectivity index (χ4n) is 1.76. The Morgan fingerprint density at radius 3 is 2.95 bits per heavy atom. The van der Waals surface area contributed by atoms with Crippen molar-refractivity contribution in [2.75, 3.05) is 13.7 Å². The summed E-state index contributed by atoms with van der Waals surface area (Å²) in [5.41, 5.74) is 1.70. The Labute approximate surface area is 111 Å². The van der Waals surface area contributed by atoms with E-state index in [-0.39, 0.29) is 5.91 Å². The Bertz CT molecular complexity index is 494. The molecule has 1 aliphatic heterocycles. The van der Waals surface area contributed by atoms with E-state index in [0.717, 1.165) is 17.0 Å². The summed E-state index contributed by atoms with van der Waals surface area (Å²) in [4.78, 5) is 16.9. The van der Waals surface area contributed by atoms with Crippen molar-refractivity contribution >= 4 is 11.6 Å². The van der Waals surface area contributed by atoms with Gasteiger partial charge in [-0.15, -0.1) is 6.58 Å². The summed E-state index contributed by atoms with van der Waals surface area (Å²) in [6.07, 6.45) is 1.53. The minimum atomic E-state index is -0.558. The minimum absolute atomic E-state index is 0.174.